The molecule has 7 nitrogen and oxygen atoms in total. The molecule has 1 amide bonds. The van der Waals surface area contributed by atoms with Crippen LogP contribution in [0.3, 0.4) is 0 Å². The SMILES string of the molecule is CC(=O)NCc1ccc(C(=O)O)cc1S(N)(=O)=O. The number of carbonyl (C=O) groups is 2. The molecule has 0 heterocycles. The minimum atomic E-state index is -4.05. The molecule has 1 aromatic carbocycles. The minimum Gasteiger partial charge on any atom is -0.478 e. The number of hydrogen-bond donors (Lipinski definition) is 3. The van der Waals surface area contributed by atoms with E-state index in [-0.39, 0.29) is 28.5 Å². The predicted molar refractivity (Wildman–Crippen MR) is 62.3 cm³/mol. The first-order valence-corrected chi connectivity index (χ1v) is 6.40. The van der Waals surface area contributed by atoms with Gasteiger partial charge in [-0.15, -0.1) is 0 Å². The van der Waals surface area contributed by atoms with Crippen LogP contribution in [0.1, 0.15) is 22.8 Å². The average Bonchev–Trinajstić information content (AvgIpc) is 2.24. The highest BCUT2D eigenvalue weighted by Crippen LogP contribution is 2.16. The van der Waals surface area contributed by atoms with Crippen molar-refractivity contribution in [3.05, 3.63) is 29.3 Å². The summed E-state index contributed by atoms with van der Waals surface area (Å²) < 4.78 is 22.7. The number of carbonyl (C=O) groups excluding carboxylic acids is 1. The summed E-state index contributed by atoms with van der Waals surface area (Å²) in [6.45, 7) is 1.24. The van der Waals surface area contributed by atoms with E-state index in [0.717, 1.165) is 6.07 Å². The van der Waals surface area contributed by atoms with Gasteiger partial charge in [0.1, 0.15) is 0 Å². The van der Waals surface area contributed by atoms with E-state index < -0.39 is 16.0 Å². The molecule has 0 aromatic heterocycles. The van der Waals surface area contributed by atoms with Crippen LogP contribution in [0.4, 0.5) is 0 Å². The molecule has 0 atom stereocenters. The van der Waals surface area contributed by atoms with Crippen LogP contribution < -0.4 is 10.5 Å². The van der Waals surface area contributed by atoms with E-state index in [1.165, 1.54) is 19.1 Å². The van der Waals surface area contributed by atoms with Crippen molar-refractivity contribution in [3.8, 4) is 0 Å². The molecule has 18 heavy (non-hydrogen) atoms. The Labute approximate surface area is 104 Å². The Morgan fingerprint density at radius 1 is 1.39 bits per heavy atom. The molecule has 0 radical (unpaired) electrons. The lowest BCUT2D eigenvalue weighted by Crippen LogP contribution is -2.22. The standard InChI is InChI=1S/C10H12N2O5S/c1-6(13)12-5-8-3-2-7(10(14)15)4-9(8)18(11,16)17/h2-4H,5H2,1H3,(H,12,13)(H,14,15)(H2,11,16,17). The van der Waals surface area contributed by atoms with Crippen LogP contribution >= 0.6 is 0 Å². The second kappa shape index (κ2) is 5.15. The lowest BCUT2D eigenvalue weighted by molar-refractivity contribution is -0.119. The number of carboxylic acids is 1. The van der Waals surface area contributed by atoms with Crippen molar-refractivity contribution < 1.29 is 23.1 Å². The van der Waals surface area contributed by atoms with E-state index in [4.69, 9.17) is 10.2 Å². The molecule has 4 N–H and O–H groups in total. The third-order valence-electron chi connectivity index (χ3n) is 2.15. The molecule has 0 unspecified atom stereocenters. The molecule has 0 saturated carbocycles. The Morgan fingerprint density at radius 3 is 2.44 bits per heavy atom. The van der Waals surface area contributed by atoms with Crippen molar-refractivity contribution in [2.45, 2.75) is 18.4 Å². The van der Waals surface area contributed by atoms with Crippen molar-refractivity contribution in [2.75, 3.05) is 0 Å². The van der Waals surface area contributed by atoms with Crippen molar-refractivity contribution in [1.29, 1.82) is 0 Å². The maximum atomic E-state index is 11.3. The Balaban J connectivity index is 3.26. The number of rotatable bonds is 4. The summed E-state index contributed by atoms with van der Waals surface area (Å²) in [6.07, 6.45) is 0. The quantitative estimate of drug-likeness (QED) is 0.691. The van der Waals surface area contributed by atoms with Gasteiger partial charge in [-0.05, 0) is 17.7 Å². The molecule has 8 heteroatoms. The van der Waals surface area contributed by atoms with E-state index in [9.17, 15) is 18.0 Å². The van der Waals surface area contributed by atoms with Gasteiger partial charge >= 0.3 is 5.97 Å². The monoisotopic (exact) mass is 272 g/mol. The van der Waals surface area contributed by atoms with Crippen LogP contribution in [0.5, 0.6) is 0 Å². The van der Waals surface area contributed by atoms with Gasteiger partial charge in [0.05, 0.1) is 10.5 Å². The van der Waals surface area contributed by atoms with Gasteiger partial charge in [0.15, 0.2) is 0 Å². The fourth-order valence-corrected chi connectivity index (χ4v) is 2.12. The highest BCUT2D eigenvalue weighted by atomic mass is 32.2. The first-order valence-electron chi connectivity index (χ1n) is 4.85. The molecule has 0 aliphatic heterocycles. The lowest BCUT2D eigenvalue weighted by atomic mass is 10.1. The Kier molecular flexibility index (Phi) is 4.04. The van der Waals surface area contributed by atoms with Crippen molar-refractivity contribution in [1.82, 2.24) is 5.32 Å². The van der Waals surface area contributed by atoms with Gasteiger partial charge in [-0.2, -0.15) is 0 Å². The summed E-state index contributed by atoms with van der Waals surface area (Å²) in [6, 6.07) is 3.52. The zero-order chi connectivity index (χ0) is 13.9. The first-order chi connectivity index (χ1) is 8.21. The van der Waals surface area contributed by atoms with E-state index >= 15 is 0 Å². The second-order valence-electron chi connectivity index (χ2n) is 3.58. The molecule has 0 bridgehead atoms. The number of aromatic carboxylic acids is 1. The van der Waals surface area contributed by atoms with Gasteiger partial charge in [-0.1, -0.05) is 6.07 Å². The summed E-state index contributed by atoms with van der Waals surface area (Å²) in [4.78, 5) is 21.2. The number of sulfonamides is 1. The van der Waals surface area contributed by atoms with E-state index in [2.05, 4.69) is 5.32 Å². The summed E-state index contributed by atoms with van der Waals surface area (Å²) in [7, 11) is -4.05. The van der Waals surface area contributed by atoms with E-state index in [0.29, 0.717) is 0 Å². The largest absolute Gasteiger partial charge is 0.478 e. The zero-order valence-electron chi connectivity index (χ0n) is 9.50. The average molecular weight is 272 g/mol. The van der Waals surface area contributed by atoms with E-state index in [1.807, 2.05) is 0 Å². The molecular formula is C10H12N2O5S. The smallest absolute Gasteiger partial charge is 0.335 e. The fourth-order valence-electron chi connectivity index (χ4n) is 1.32. The molecule has 0 spiro atoms. The van der Waals surface area contributed by atoms with Crippen LogP contribution in [0.2, 0.25) is 0 Å². The van der Waals surface area contributed by atoms with E-state index in [1.54, 1.807) is 0 Å². The molecule has 0 aliphatic carbocycles. The van der Waals surface area contributed by atoms with Gasteiger partial charge in [-0.3, -0.25) is 4.79 Å². The Bertz CT molecular complexity index is 594. The number of nitrogens with one attached hydrogen (secondary N) is 1. The van der Waals surface area contributed by atoms with Crippen LogP contribution in [-0.4, -0.2) is 25.4 Å². The minimum absolute atomic E-state index is 0.0407. The number of benzene rings is 1. The fraction of sp³-hybridized carbons (Fsp3) is 0.200. The first kappa shape index (κ1) is 14.1. The molecule has 0 fully saturated rings. The summed E-state index contributed by atoms with van der Waals surface area (Å²) >= 11 is 0. The molecule has 0 saturated heterocycles. The van der Waals surface area contributed by atoms with Gasteiger partial charge in [0.2, 0.25) is 15.9 Å². The number of amides is 1. The number of carboxylic acid groups (broad SMARTS) is 1. The molecule has 1 rings (SSSR count). The number of nitrogens with two attached hydrogens (primary N) is 1. The van der Waals surface area contributed by atoms with Gasteiger partial charge in [0, 0.05) is 13.5 Å². The number of primary sulfonamides is 1. The lowest BCUT2D eigenvalue weighted by Gasteiger charge is -2.09. The van der Waals surface area contributed by atoms with Crippen molar-refractivity contribution in [2.24, 2.45) is 5.14 Å². The van der Waals surface area contributed by atoms with Crippen molar-refractivity contribution >= 4 is 21.9 Å². The second-order valence-corrected chi connectivity index (χ2v) is 5.11. The maximum Gasteiger partial charge on any atom is 0.335 e. The maximum absolute atomic E-state index is 11.3. The zero-order valence-corrected chi connectivity index (χ0v) is 10.3. The molecular weight excluding hydrogens is 260 g/mol. The summed E-state index contributed by atoms with van der Waals surface area (Å²) in [5.41, 5.74) is 0.0447. The molecule has 1 aromatic rings. The van der Waals surface area contributed by atoms with Gasteiger partial charge in [0.25, 0.3) is 0 Å². The van der Waals surface area contributed by atoms with Gasteiger partial charge in [-0.25, -0.2) is 18.4 Å². The van der Waals surface area contributed by atoms with Crippen molar-refractivity contribution in [3.63, 3.8) is 0 Å². The summed E-state index contributed by atoms with van der Waals surface area (Å²) in [5.74, 6) is -1.59. The van der Waals surface area contributed by atoms with Crippen LogP contribution in [0, 0.1) is 0 Å². The Hall–Kier alpha value is -1.93. The highest BCUT2D eigenvalue weighted by Gasteiger charge is 2.17. The topological polar surface area (TPSA) is 127 Å². The molecule has 0 aliphatic rings. The normalized spacial score (nSPS) is 11.0. The van der Waals surface area contributed by atoms with Crippen LogP contribution in [0.25, 0.3) is 0 Å². The third kappa shape index (κ3) is 3.54. The highest BCUT2D eigenvalue weighted by molar-refractivity contribution is 7.89. The summed E-state index contributed by atoms with van der Waals surface area (Å²) in [5, 5.41) is 16.2. The third-order valence-corrected chi connectivity index (χ3v) is 3.14. The molecule has 98 valence electrons. The van der Waals surface area contributed by atoms with Crippen LogP contribution in [0.15, 0.2) is 23.1 Å². The van der Waals surface area contributed by atoms with Gasteiger partial charge < -0.3 is 10.4 Å². The Morgan fingerprint density at radius 2 is 2.00 bits per heavy atom. The van der Waals surface area contributed by atoms with Crippen LogP contribution in [-0.2, 0) is 21.4 Å². The predicted octanol–water partition coefficient (Wildman–Crippen LogP) is -0.332. The number of hydrogen-bond acceptors (Lipinski definition) is 4.